The minimum absolute atomic E-state index is 1.00. The Bertz CT molecular complexity index is 101. The Morgan fingerprint density at radius 1 is 0.800 bits per heavy atom. The summed E-state index contributed by atoms with van der Waals surface area (Å²) in [5, 5.41) is 0. The summed E-state index contributed by atoms with van der Waals surface area (Å²) in [7, 11) is 0. The average Bonchev–Trinajstić information content (AvgIpc) is 1.86. The van der Waals surface area contributed by atoms with Crippen LogP contribution in [0.2, 0.25) is 0 Å². The van der Waals surface area contributed by atoms with Gasteiger partial charge in [0, 0.05) is 6.04 Å². The molecule has 1 nitrogen and oxygen atoms in total. The van der Waals surface area contributed by atoms with Gasteiger partial charge in [0.2, 0.25) is 0 Å². The molecule has 0 aromatic heterocycles. The Balaban J connectivity index is 1.78. The molecule has 0 radical (unpaired) electrons. The van der Waals surface area contributed by atoms with Gasteiger partial charge in [-0.25, -0.2) is 0 Å². The van der Waals surface area contributed by atoms with Gasteiger partial charge in [-0.3, -0.25) is 0 Å². The van der Waals surface area contributed by atoms with E-state index in [1.807, 2.05) is 0 Å². The first-order valence-corrected chi connectivity index (χ1v) is 4.71. The summed E-state index contributed by atoms with van der Waals surface area (Å²) in [6.07, 6.45) is 8.84. The number of hydrogen-bond donors (Lipinski definition) is 0. The zero-order valence-electron chi connectivity index (χ0n) is 6.68. The molecule has 1 aliphatic heterocycles. The summed E-state index contributed by atoms with van der Waals surface area (Å²) in [5.41, 5.74) is 0. The number of rotatable bonds is 1. The Morgan fingerprint density at radius 2 is 1.50 bits per heavy atom. The molecule has 0 N–H and O–H groups in total. The lowest BCUT2D eigenvalue weighted by atomic mass is 9.90. The minimum atomic E-state index is 1.00. The first-order valence-electron chi connectivity index (χ1n) is 4.71. The third-order valence-electron chi connectivity index (χ3n) is 2.98. The largest absolute Gasteiger partial charge is 0.300 e. The highest BCUT2D eigenvalue weighted by Gasteiger charge is 2.25. The second kappa shape index (κ2) is 2.91. The molecule has 0 atom stereocenters. The van der Waals surface area contributed by atoms with E-state index in [1.54, 1.807) is 0 Å². The zero-order valence-corrected chi connectivity index (χ0v) is 6.68. The fourth-order valence-corrected chi connectivity index (χ4v) is 2.04. The topological polar surface area (TPSA) is 3.24 Å². The summed E-state index contributed by atoms with van der Waals surface area (Å²) >= 11 is 0. The predicted molar refractivity (Wildman–Crippen MR) is 43.1 cm³/mol. The first-order chi connectivity index (χ1) is 4.97. The van der Waals surface area contributed by atoms with Crippen LogP contribution >= 0.6 is 0 Å². The first kappa shape index (κ1) is 6.66. The molecule has 0 spiro atoms. The lowest BCUT2D eigenvalue weighted by Gasteiger charge is -2.39. The molecule has 0 bridgehead atoms. The van der Waals surface area contributed by atoms with Gasteiger partial charge in [-0.15, -0.1) is 0 Å². The van der Waals surface area contributed by atoms with E-state index in [0.717, 1.165) is 6.04 Å². The van der Waals surface area contributed by atoms with Crippen LogP contribution in [0.5, 0.6) is 0 Å². The van der Waals surface area contributed by atoms with Crippen LogP contribution in [0, 0.1) is 0 Å². The summed E-state index contributed by atoms with van der Waals surface area (Å²) in [6.45, 7) is 2.79. The molecule has 0 amide bonds. The molecule has 58 valence electrons. The van der Waals surface area contributed by atoms with Crippen LogP contribution in [0.4, 0.5) is 0 Å². The molecule has 2 fully saturated rings. The van der Waals surface area contributed by atoms with Crippen molar-refractivity contribution in [2.75, 3.05) is 13.1 Å². The molecule has 10 heavy (non-hydrogen) atoms. The molecule has 1 saturated carbocycles. The van der Waals surface area contributed by atoms with E-state index >= 15 is 0 Å². The molecule has 2 aliphatic rings. The van der Waals surface area contributed by atoms with E-state index in [1.165, 1.54) is 51.6 Å². The van der Waals surface area contributed by atoms with E-state index in [4.69, 9.17) is 0 Å². The summed E-state index contributed by atoms with van der Waals surface area (Å²) in [6, 6.07) is 1.00. The number of nitrogens with zero attached hydrogens (tertiary/aromatic N) is 1. The Hall–Kier alpha value is -0.0400. The van der Waals surface area contributed by atoms with Crippen LogP contribution in [0.25, 0.3) is 0 Å². The molecule has 0 aromatic rings. The quantitative estimate of drug-likeness (QED) is 0.537. The third-order valence-corrected chi connectivity index (χ3v) is 2.98. The maximum absolute atomic E-state index is 2.70. The van der Waals surface area contributed by atoms with Gasteiger partial charge in [-0.05, 0) is 38.8 Å². The van der Waals surface area contributed by atoms with Gasteiger partial charge in [0.05, 0.1) is 0 Å². The van der Waals surface area contributed by atoms with Gasteiger partial charge < -0.3 is 4.90 Å². The van der Waals surface area contributed by atoms with Crippen molar-refractivity contribution in [1.29, 1.82) is 0 Å². The molecular formula is C9H17N. The van der Waals surface area contributed by atoms with Crippen LogP contribution in [0.15, 0.2) is 0 Å². The molecule has 0 aromatic carbocycles. The minimum Gasteiger partial charge on any atom is -0.300 e. The monoisotopic (exact) mass is 139 g/mol. The highest BCUT2D eigenvalue weighted by molar-refractivity contribution is 4.81. The van der Waals surface area contributed by atoms with Crippen LogP contribution in [0.1, 0.15) is 38.5 Å². The smallest absolute Gasteiger partial charge is 0.00952 e. The van der Waals surface area contributed by atoms with E-state index in [2.05, 4.69) is 4.90 Å². The molecule has 1 aliphatic carbocycles. The zero-order chi connectivity index (χ0) is 6.81. The van der Waals surface area contributed by atoms with Crippen molar-refractivity contribution in [3.63, 3.8) is 0 Å². The summed E-state index contributed by atoms with van der Waals surface area (Å²) in [5.74, 6) is 0. The predicted octanol–water partition coefficient (Wildman–Crippen LogP) is 2.02. The fourth-order valence-electron chi connectivity index (χ4n) is 2.04. The lowest BCUT2D eigenvalue weighted by Crippen LogP contribution is -2.42. The molecule has 1 heteroatoms. The Labute approximate surface area is 63.4 Å². The fraction of sp³-hybridized carbons (Fsp3) is 1.00. The van der Waals surface area contributed by atoms with Crippen LogP contribution in [-0.4, -0.2) is 24.0 Å². The number of piperidine rings is 1. The maximum atomic E-state index is 2.70. The molecule has 0 unspecified atom stereocenters. The van der Waals surface area contributed by atoms with Crippen molar-refractivity contribution in [1.82, 2.24) is 4.90 Å². The van der Waals surface area contributed by atoms with Crippen molar-refractivity contribution >= 4 is 0 Å². The normalized spacial score (nSPS) is 30.0. The Kier molecular flexibility index (Phi) is 1.94. The van der Waals surface area contributed by atoms with Gasteiger partial charge in [0.15, 0.2) is 0 Å². The van der Waals surface area contributed by atoms with Gasteiger partial charge in [0.1, 0.15) is 0 Å². The molecule has 1 saturated heterocycles. The highest BCUT2D eigenvalue weighted by Crippen LogP contribution is 2.26. The highest BCUT2D eigenvalue weighted by atomic mass is 15.2. The van der Waals surface area contributed by atoms with E-state index in [9.17, 15) is 0 Å². The maximum Gasteiger partial charge on any atom is 0.00952 e. The average molecular weight is 139 g/mol. The second-order valence-corrected chi connectivity index (χ2v) is 3.68. The summed E-state index contributed by atoms with van der Waals surface area (Å²) < 4.78 is 0. The van der Waals surface area contributed by atoms with Crippen LogP contribution in [0.3, 0.4) is 0 Å². The van der Waals surface area contributed by atoms with Crippen molar-refractivity contribution in [3.8, 4) is 0 Å². The van der Waals surface area contributed by atoms with Crippen molar-refractivity contribution in [2.45, 2.75) is 44.6 Å². The second-order valence-electron chi connectivity index (χ2n) is 3.68. The molecule has 1 heterocycles. The third kappa shape index (κ3) is 1.20. The van der Waals surface area contributed by atoms with Gasteiger partial charge in [0.25, 0.3) is 0 Å². The van der Waals surface area contributed by atoms with E-state index in [-0.39, 0.29) is 0 Å². The number of likely N-dealkylation sites (tertiary alicyclic amines) is 1. The van der Waals surface area contributed by atoms with Gasteiger partial charge in [-0.2, -0.15) is 0 Å². The molecule has 2 rings (SSSR count). The summed E-state index contributed by atoms with van der Waals surface area (Å²) in [4.78, 5) is 2.70. The van der Waals surface area contributed by atoms with Crippen LogP contribution in [-0.2, 0) is 0 Å². The van der Waals surface area contributed by atoms with Crippen LogP contribution < -0.4 is 0 Å². The van der Waals surface area contributed by atoms with Gasteiger partial charge in [-0.1, -0.05) is 12.8 Å². The van der Waals surface area contributed by atoms with Crippen molar-refractivity contribution < 1.29 is 0 Å². The SMILES string of the molecule is C1CCN(C2CCC2)CC1. The number of hydrogen-bond acceptors (Lipinski definition) is 1. The van der Waals surface area contributed by atoms with E-state index < -0.39 is 0 Å². The van der Waals surface area contributed by atoms with Crippen molar-refractivity contribution in [3.05, 3.63) is 0 Å². The van der Waals surface area contributed by atoms with Gasteiger partial charge >= 0.3 is 0 Å². The van der Waals surface area contributed by atoms with Crippen molar-refractivity contribution in [2.24, 2.45) is 0 Å². The lowest BCUT2D eigenvalue weighted by molar-refractivity contribution is 0.105. The standard InChI is InChI=1S/C9H17N/c1-2-7-10(8-3-1)9-5-4-6-9/h9H,1-8H2. The molecular weight excluding hydrogens is 122 g/mol. The Morgan fingerprint density at radius 3 is 2.00 bits per heavy atom. The van der Waals surface area contributed by atoms with E-state index in [0.29, 0.717) is 0 Å².